The number of carboxylic acid groups (broad SMARTS) is 1. The smallest absolute Gasteiger partial charge is 0.407 e. The van der Waals surface area contributed by atoms with Crippen molar-refractivity contribution in [3.63, 3.8) is 0 Å². The lowest BCUT2D eigenvalue weighted by Crippen LogP contribution is -2.47. The molecule has 4 aromatic rings. The number of ether oxygens (including phenoxy) is 1. The standard InChI is InChI=1S/C29H34ClN5O4S/c1-18(20-8-6-7-9-21(20)30)39-24-15-25(40-26(24)27(31)36)34-17-32-22-11-10-19(14-23(22)34)16-33(5)12-13-35(28(37)38)29(2,3)4/h6-11,14-15,17-18H,12-13,16H2,1-5H3,(H2,31,36)(H,37,38)/t18-/m1/s1. The number of carbonyl (C=O) groups excluding carboxylic acids is 1. The Morgan fingerprint density at radius 2 is 1.90 bits per heavy atom. The van der Waals surface area contributed by atoms with Crippen LogP contribution in [0.15, 0.2) is 54.9 Å². The summed E-state index contributed by atoms with van der Waals surface area (Å²) in [4.78, 5) is 32.4. The number of rotatable bonds is 10. The van der Waals surface area contributed by atoms with Crippen LogP contribution in [0.25, 0.3) is 16.0 Å². The molecule has 0 fully saturated rings. The van der Waals surface area contributed by atoms with Crippen LogP contribution in [0.1, 0.15) is 54.6 Å². The summed E-state index contributed by atoms with van der Waals surface area (Å²) in [5.74, 6) is -0.186. The van der Waals surface area contributed by atoms with Crippen LogP contribution in [-0.2, 0) is 6.54 Å². The van der Waals surface area contributed by atoms with Gasteiger partial charge < -0.3 is 25.4 Å². The number of thiophene rings is 1. The molecule has 0 radical (unpaired) electrons. The number of benzene rings is 2. The Labute approximate surface area is 242 Å². The number of likely N-dealkylation sites (N-methyl/N-ethyl adjacent to an activating group) is 1. The lowest BCUT2D eigenvalue weighted by molar-refractivity contribution is 0.0928. The van der Waals surface area contributed by atoms with Crippen LogP contribution in [0.2, 0.25) is 5.02 Å². The fraction of sp³-hybridized carbons (Fsp3) is 0.345. The lowest BCUT2D eigenvalue weighted by atomic mass is 10.1. The average Bonchev–Trinajstić information content (AvgIpc) is 3.47. The number of primary amides is 1. The second kappa shape index (κ2) is 11.9. The number of nitrogens with two attached hydrogens (primary N) is 1. The Balaban J connectivity index is 1.56. The second-order valence-corrected chi connectivity index (χ2v) is 12.1. The first-order valence-corrected chi connectivity index (χ1v) is 14.0. The molecule has 0 bridgehead atoms. The number of nitrogens with zero attached hydrogens (tertiary/aromatic N) is 4. The van der Waals surface area contributed by atoms with Crippen LogP contribution >= 0.6 is 22.9 Å². The third-order valence-electron chi connectivity index (χ3n) is 6.60. The van der Waals surface area contributed by atoms with E-state index in [-0.39, 0.29) is 0 Å². The number of aromatic nitrogens is 2. The molecule has 2 heterocycles. The first-order valence-electron chi connectivity index (χ1n) is 12.9. The lowest BCUT2D eigenvalue weighted by Gasteiger charge is -2.34. The fourth-order valence-corrected chi connectivity index (χ4v) is 5.72. The van der Waals surface area contributed by atoms with E-state index in [4.69, 9.17) is 22.1 Å². The Hall–Kier alpha value is -3.60. The maximum Gasteiger partial charge on any atom is 0.407 e. The van der Waals surface area contributed by atoms with Crippen molar-refractivity contribution in [2.24, 2.45) is 5.73 Å². The van der Waals surface area contributed by atoms with Crippen LogP contribution in [0, 0.1) is 0 Å². The molecule has 0 aliphatic rings. The monoisotopic (exact) mass is 583 g/mol. The fourth-order valence-electron chi connectivity index (χ4n) is 4.51. The number of fused-ring (bicyclic) bond motifs is 1. The molecular formula is C29H34ClN5O4S. The molecule has 2 aromatic heterocycles. The Morgan fingerprint density at radius 3 is 2.55 bits per heavy atom. The van der Waals surface area contributed by atoms with Crippen molar-refractivity contribution >= 4 is 46.0 Å². The first-order chi connectivity index (χ1) is 18.8. The van der Waals surface area contributed by atoms with Crippen molar-refractivity contribution < 1.29 is 19.4 Å². The zero-order chi connectivity index (χ0) is 29.2. The maximum absolute atomic E-state index is 12.3. The molecule has 0 saturated carbocycles. The number of halogens is 1. The van der Waals surface area contributed by atoms with E-state index in [1.807, 2.05) is 75.7 Å². The first kappa shape index (κ1) is 29.4. The third kappa shape index (κ3) is 6.57. The van der Waals surface area contributed by atoms with Gasteiger partial charge in [-0.2, -0.15) is 0 Å². The molecule has 2 amide bonds. The van der Waals surface area contributed by atoms with Gasteiger partial charge in [-0.1, -0.05) is 35.9 Å². The number of carbonyl (C=O) groups is 2. The van der Waals surface area contributed by atoms with E-state index in [1.165, 1.54) is 16.2 Å². The van der Waals surface area contributed by atoms with E-state index < -0.39 is 23.6 Å². The largest absolute Gasteiger partial charge is 0.484 e. The van der Waals surface area contributed by atoms with Gasteiger partial charge in [-0.15, -0.1) is 11.3 Å². The average molecular weight is 584 g/mol. The molecule has 0 saturated heterocycles. The number of hydrogen-bond donors (Lipinski definition) is 2. The topological polar surface area (TPSA) is 114 Å². The molecule has 0 aliphatic heterocycles. The molecule has 11 heteroatoms. The number of amides is 2. The van der Waals surface area contributed by atoms with Crippen LogP contribution in [0.3, 0.4) is 0 Å². The predicted octanol–water partition coefficient (Wildman–Crippen LogP) is 6.19. The molecule has 212 valence electrons. The van der Waals surface area contributed by atoms with E-state index in [9.17, 15) is 14.7 Å². The zero-order valence-electron chi connectivity index (χ0n) is 23.2. The van der Waals surface area contributed by atoms with E-state index in [0.29, 0.717) is 35.3 Å². The molecule has 0 unspecified atom stereocenters. The normalized spacial score (nSPS) is 12.6. The molecule has 0 spiro atoms. The Morgan fingerprint density at radius 1 is 1.18 bits per heavy atom. The van der Waals surface area contributed by atoms with Gasteiger partial charge in [0.2, 0.25) is 0 Å². The second-order valence-electron chi connectivity index (χ2n) is 10.7. The highest BCUT2D eigenvalue weighted by molar-refractivity contribution is 7.16. The van der Waals surface area contributed by atoms with E-state index >= 15 is 0 Å². The minimum atomic E-state index is -0.929. The quantitative estimate of drug-likeness (QED) is 0.230. The van der Waals surface area contributed by atoms with Gasteiger partial charge in [0.1, 0.15) is 28.1 Å². The van der Waals surface area contributed by atoms with Crippen molar-refractivity contribution in [1.29, 1.82) is 0 Å². The molecule has 4 rings (SSSR count). The summed E-state index contributed by atoms with van der Waals surface area (Å²) < 4.78 is 8.08. The zero-order valence-corrected chi connectivity index (χ0v) is 24.8. The van der Waals surface area contributed by atoms with Gasteiger partial charge in [0.25, 0.3) is 5.91 Å². The molecule has 9 nitrogen and oxygen atoms in total. The minimum Gasteiger partial charge on any atom is -0.484 e. The van der Waals surface area contributed by atoms with E-state index in [1.54, 1.807) is 18.5 Å². The van der Waals surface area contributed by atoms with Crippen LogP contribution < -0.4 is 10.5 Å². The van der Waals surface area contributed by atoms with Crippen molar-refractivity contribution in [3.8, 4) is 10.8 Å². The van der Waals surface area contributed by atoms with Crippen molar-refractivity contribution in [2.45, 2.75) is 45.9 Å². The van der Waals surface area contributed by atoms with Crippen LogP contribution in [-0.4, -0.2) is 62.1 Å². The molecule has 40 heavy (non-hydrogen) atoms. The van der Waals surface area contributed by atoms with Crippen LogP contribution in [0.5, 0.6) is 5.75 Å². The highest BCUT2D eigenvalue weighted by Gasteiger charge is 2.26. The summed E-state index contributed by atoms with van der Waals surface area (Å²) in [7, 11) is 1.96. The summed E-state index contributed by atoms with van der Waals surface area (Å²) in [6, 6.07) is 15.2. The highest BCUT2D eigenvalue weighted by Crippen LogP contribution is 2.37. The summed E-state index contributed by atoms with van der Waals surface area (Å²) in [6.45, 7) is 9.14. The van der Waals surface area contributed by atoms with Crippen LogP contribution in [0.4, 0.5) is 4.79 Å². The van der Waals surface area contributed by atoms with Crippen molar-refractivity contribution in [1.82, 2.24) is 19.4 Å². The minimum absolute atomic E-state index is 0.313. The molecule has 1 atom stereocenters. The molecule has 3 N–H and O–H groups in total. The highest BCUT2D eigenvalue weighted by atomic mass is 35.5. The molecule has 0 aliphatic carbocycles. The van der Waals surface area contributed by atoms with Gasteiger partial charge in [-0.25, -0.2) is 9.78 Å². The Bertz CT molecular complexity index is 1530. The van der Waals surface area contributed by atoms with Crippen molar-refractivity contribution in [2.75, 3.05) is 20.1 Å². The van der Waals surface area contributed by atoms with Gasteiger partial charge in [0, 0.05) is 41.8 Å². The molecular weight excluding hydrogens is 550 g/mol. The van der Waals surface area contributed by atoms with Gasteiger partial charge in [-0.05, 0) is 58.5 Å². The summed E-state index contributed by atoms with van der Waals surface area (Å²) >= 11 is 7.58. The van der Waals surface area contributed by atoms with Gasteiger partial charge in [-0.3, -0.25) is 9.36 Å². The maximum atomic E-state index is 12.3. The summed E-state index contributed by atoms with van der Waals surface area (Å²) in [6.07, 6.45) is 0.387. The summed E-state index contributed by atoms with van der Waals surface area (Å²) in [5, 5.41) is 10.9. The van der Waals surface area contributed by atoms with Crippen molar-refractivity contribution in [3.05, 3.63) is 75.9 Å². The van der Waals surface area contributed by atoms with Gasteiger partial charge >= 0.3 is 6.09 Å². The predicted molar refractivity (Wildman–Crippen MR) is 159 cm³/mol. The van der Waals surface area contributed by atoms with Gasteiger partial charge in [0.15, 0.2) is 0 Å². The van der Waals surface area contributed by atoms with E-state index in [0.717, 1.165) is 27.2 Å². The number of hydrogen-bond acceptors (Lipinski definition) is 6. The third-order valence-corrected chi connectivity index (χ3v) is 8.08. The van der Waals surface area contributed by atoms with Gasteiger partial charge in [0.05, 0.1) is 11.0 Å². The SMILES string of the molecule is C[C@@H](Oc1cc(-n2cnc3ccc(CN(C)CCN(C(=O)O)C(C)(C)C)cc32)sc1C(N)=O)c1ccccc1Cl. The summed E-state index contributed by atoms with van der Waals surface area (Å²) in [5.41, 5.74) is 8.76. The number of imidazole rings is 1. The molecule has 2 aromatic carbocycles. The van der Waals surface area contributed by atoms with E-state index in [2.05, 4.69) is 9.88 Å². The Kier molecular flexibility index (Phi) is 8.72.